The molecule has 0 radical (unpaired) electrons. The minimum atomic E-state index is -2.49. The number of hydrogen-bond donors (Lipinski definition) is 4. The van der Waals surface area contributed by atoms with E-state index >= 15 is 0 Å². The first-order chi connectivity index (χ1) is 9.60. The molecule has 0 saturated carbocycles. The number of aliphatic hydroxyl groups is 2. The minimum Gasteiger partial charge on any atom is -0.509 e. The number of carbonyl (C=O) groups is 2. The molecule has 116 valence electrons. The van der Waals surface area contributed by atoms with Crippen molar-refractivity contribution in [3.63, 3.8) is 0 Å². The van der Waals surface area contributed by atoms with E-state index in [1.807, 2.05) is 0 Å². The van der Waals surface area contributed by atoms with E-state index in [1.165, 1.54) is 0 Å². The van der Waals surface area contributed by atoms with Crippen LogP contribution in [0.1, 0.15) is 12.8 Å². The fourth-order valence-corrected chi connectivity index (χ4v) is 1.65. The summed E-state index contributed by atoms with van der Waals surface area (Å²) in [5.41, 5.74) is -4.98. The van der Waals surface area contributed by atoms with E-state index in [-0.39, 0.29) is 0 Å². The molecule has 0 aliphatic carbocycles. The fourth-order valence-electron chi connectivity index (χ4n) is 1.65. The topological polar surface area (TPSA) is 124 Å². The Balaban J connectivity index is 6.16. The highest BCUT2D eigenvalue weighted by atomic mass is 16.6. The Morgan fingerprint density at radius 2 is 1.14 bits per heavy atom. The molecule has 0 rings (SSSR count). The predicted octanol–water partition coefficient (Wildman–Crippen LogP) is 1.95. The first-order valence-corrected chi connectivity index (χ1v) is 5.76. The van der Waals surface area contributed by atoms with Crippen molar-refractivity contribution >= 4 is 11.9 Å². The van der Waals surface area contributed by atoms with Crippen molar-refractivity contribution in [2.24, 2.45) is 0 Å². The monoisotopic (exact) mass is 298 g/mol. The average Bonchev–Trinajstić information content (AvgIpc) is 2.35. The number of carboxylic acids is 2. The molecule has 0 aliphatic heterocycles. The molecular formula is C14H18O7. The number of aliphatic hydroxyl groups excluding tert-OH is 2. The molecule has 0 heterocycles. The van der Waals surface area contributed by atoms with Crippen LogP contribution in [0.5, 0.6) is 0 Å². The molecule has 21 heavy (non-hydrogen) atoms. The van der Waals surface area contributed by atoms with Crippen molar-refractivity contribution in [1.82, 2.24) is 0 Å². The summed E-state index contributed by atoms with van der Waals surface area (Å²) in [6.07, 6.45) is 1.26. The quantitative estimate of drug-likeness (QED) is 0.359. The third-order valence-corrected chi connectivity index (χ3v) is 2.84. The van der Waals surface area contributed by atoms with Gasteiger partial charge in [0.15, 0.2) is 0 Å². The summed E-state index contributed by atoms with van der Waals surface area (Å²) >= 11 is 0. The van der Waals surface area contributed by atoms with Crippen LogP contribution in [-0.4, -0.2) is 43.6 Å². The summed E-state index contributed by atoms with van der Waals surface area (Å²) in [5, 5.41) is 37.8. The highest BCUT2D eigenvalue weighted by Gasteiger charge is 2.54. The molecule has 0 saturated heterocycles. The minimum absolute atomic E-state index is 0.475. The van der Waals surface area contributed by atoms with Crippen molar-refractivity contribution in [2.45, 2.75) is 24.0 Å². The van der Waals surface area contributed by atoms with E-state index in [4.69, 9.17) is 4.74 Å². The van der Waals surface area contributed by atoms with Gasteiger partial charge in [-0.05, 0) is 0 Å². The lowest BCUT2D eigenvalue weighted by Crippen LogP contribution is -2.55. The van der Waals surface area contributed by atoms with Gasteiger partial charge in [0, 0.05) is 12.8 Å². The van der Waals surface area contributed by atoms with Crippen molar-refractivity contribution in [3.8, 4) is 0 Å². The van der Waals surface area contributed by atoms with Crippen molar-refractivity contribution in [1.29, 1.82) is 0 Å². The summed E-state index contributed by atoms with van der Waals surface area (Å²) in [6.45, 7) is 12.9. The Hall–Kier alpha value is -2.54. The van der Waals surface area contributed by atoms with Gasteiger partial charge in [-0.15, -0.1) is 13.2 Å². The lowest BCUT2D eigenvalue weighted by Gasteiger charge is -2.37. The second-order valence-corrected chi connectivity index (χ2v) is 4.25. The maximum absolute atomic E-state index is 11.5. The van der Waals surface area contributed by atoms with Gasteiger partial charge in [-0.1, -0.05) is 25.3 Å². The summed E-state index contributed by atoms with van der Waals surface area (Å²) in [6, 6.07) is 0. The third kappa shape index (κ3) is 3.32. The maximum atomic E-state index is 11.5. The standard InChI is InChI=1S/C14H18O7/c1-5-7-13(9(3)15,11(17)18)21-14(8-6-2,10(4)16)12(19)20/h5-6,15-16H,1-4,7-8H2,(H,17,18)(H,19,20). The average molecular weight is 298 g/mol. The van der Waals surface area contributed by atoms with Crippen LogP contribution in [0.3, 0.4) is 0 Å². The van der Waals surface area contributed by atoms with Gasteiger partial charge >= 0.3 is 11.9 Å². The van der Waals surface area contributed by atoms with Gasteiger partial charge in [-0.25, -0.2) is 9.59 Å². The lowest BCUT2D eigenvalue weighted by atomic mass is 9.91. The molecule has 0 spiro atoms. The fraction of sp³-hybridized carbons (Fsp3) is 0.286. The third-order valence-electron chi connectivity index (χ3n) is 2.84. The SMILES string of the molecule is C=CCC(OC(CC=C)(C(=C)O)C(=O)O)(C(=C)O)C(=O)O. The Kier molecular flexibility index (Phi) is 5.94. The highest BCUT2D eigenvalue weighted by Crippen LogP contribution is 2.35. The van der Waals surface area contributed by atoms with E-state index < -0.39 is 47.5 Å². The Labute approximate surface area is 121 Å². The largest absolute Gasteiger partial charge is 0.509 e. The number of aliphatic carboxylic acids is 2. The second-order valence-electron chi connectivity index (χ2n) is 4.25. The van der Waals surface area contributed by atoms with Crippen LogP contribution < -0.4 is 0 Å². The first-order valence-electron chi connectivity index (χ1n) is 5.76. The number of carboxylic acid groups (broad SMARTS) is 2. The molecule has 7 heteroatoms. The Bertz CT molecular complexity index is 418. The molecule has 0 aromatic rings. The smallest absolute Gasteiger partial charge is 0.344 e. The van der Waals surface area contributed by atoms with Gasteiger partial charge in [0.25, 0.3) is 0 Å². The second kappa shape index (κ2) is 6.76. The summed E-state index contributed by atoms with van der Waals surface area (Å²) < 4.78 is 5.11. The zero-order chi connectivity index (χ0) is 16.8. The molecule has 2 atom stereocenters. The summed E-state index contributed by atoms with van der Waals surface area (Å²) in [5.74, 6) is -5.26. The van der Waals surface area contributed by atoms with Gasteiger partial charge in [0.2, 0.25) is 11.2 Å². The molecule has 0 amide bonds. The van der Waals surface area contributed by atoms with Crippen LogP contribution >= 0.6 is 0 Å². The molecule has 4 N–H and O–H groups in total. The van der Waals surface area contributed by atoms with Crippen LogP contribution in [-0.2, 0) is 14.3 Å². The predicted molar refractivity (Wildman–Crippen MR) is 75.0 cm³/mol. The van der Waals surface area contributed by atoms with E-state index in [0.29, 0.717) is 0 Å². The van der Waals surface area contributed by atoms with Crippen LogP contribution in [0.2, 0.25) is 0 Å². The Morgan fingerprint density at radius 3 is 1.29 bits per heavy atom. The summed E-state index contributed by atoms with van der Waals surface area (Å²) in [7, 11) is 0. The maximum Gasteiger partial charge on any atom is 0.344 e. The first kappa shape index (κ1) is 18.5. The molecule has 0 fully saturated rings. The molecule has 7 nitrogen and oxygen atoms in total. The lowest BCUT2D eigenvalue weighted by molar-refractivity contribution is -0.199. The van der Waals surface area contributed by atoms with Crippen LogP contribution in [0.4, 0.5) is 0 Å². The molecule has 0 aliphatic rings. The molecule has 2 unspecified atom stereocenters. The summed E-state index contributed by atoms with van der Waals surface area (Å²) in [4.78, 5) is 22.9. The van der Waals surface area contributed by atoms with Gasteiger partial charge in [0.1, 0.15) is 11.5 Å². The van der Waals surface area contributed by atoms with Gasteiger partial charge in [0.05, 0.1) is 0 Å². The van der Waals surface area contributed by atoms with Crippen LogP contribution in [0, 0.1) is 0 Å². The van der Waals surface area contributed by atoms with Crippen LogP contribution in [0.25, 0.3) is 0 Å². The number of ether oxygens (including phenoxy) is 1. The highest BCUT2D eigenvalue weighted by molar-refractivity contribution is 5.85. The molecular weight excluding hydrogens is 280 g/mol. The van der Waals surface area contributed by atoms with Crippen molar-refractivity contribution in [2.75, 3.05) is 0 Å². The zero-order valence-electron chi connectivity index (χ0n) is 11.4. The Morgan fingerprint density at radius 1 is 0.857 bits per heavy atom. The van der Waals surface area contributed by atoms with E-state index in [1.54, 1.807) is 0 Å². The van der Waals surface area contributed by atoms with Gasteiger partial charge < -0.3 is 25.2 Å². The van der Waals surface area contributed by atoms with E-state index in [2.05, 4.69) is 26.3 Å². The van der Waals surface area contributed by atoms with E-state index in [0.717, 1.165) is 12.2 Å². The number of hydrogen-bond acceptors (Lipinski definition) is 5. The van der Waals surface area contributed by atoms with E-state index in [9.17, 15) is 30.0 Å². The number of rotatable bonds is 10. The molecule has 0 bridgehead atoms. The molecule has 0 aromatic carbocycles. The molecule has 0 aromatic heterocycles. The van der Waals surface area contributed by atoms with Crippen LogP contribution in [0.15, 0.2) is 50.0 Å². The van der Waals surface area contributed by atoms with Gasteiger partial charge in [-0.2, -0.15) is 0 Å². The zero-order valence-corrected chi connectivity index (χ0v) is 11.4. The van der Waals surface area contributed by atoms with Gasteiger partial charge in [-0.3, -0.25) is 0 Å². The van der Waals surface area contributed by atoms with Crippen molar-refractivity contribution in [3.05, 3.63) is 50.0 Å². The van der Waals surface area contributed by atoms with Crippen molar-refractivity contribution < 1.29 is 34.8 Å². The normalized spacial score (nSPS) is 16.0.